The van der Waals surface area contributed by atoms with Gasteiger partial charge in [-0.05, 0) is 42.3 Å². The van der Waals surface area contributed by atoms with E-state index in [1.165, 1.54) is 12.1 Å². The highest BCUT2D eigenvalue weighted by Crippen LogP contribution is 2.30. The van der Waals surface area contributed by atoms with E-state index in [0.717, 1.165) is 30.5 Å². The van der Waals surface area contributed by atoms with E-state index < -0.39 is 0 Å². The number of hydrogen-bond acceptors (Lipinski definition) is 3. The summed E-state index contributed by atoms with van der Waals surface area (Å²) in [5.74, 6) is -0.474. The van der Waals surface area contributed by atoms with Crippen LogP contribution in [0.2, 0.25) is 0 Å². The van der Waals surface area contributed by atoms with Gasteiger partial charge in [0.05, 0.1) is 17.9 Å². The van der Waals surface area contributed by atoms with Gasteiger partial charge in [0.2, 0.25) is 5.91 Å². The van der Waals surface area contributed by atoms with Crippen molar-refractivity contribution in [3.8, 4) is 0 Å². The minimum absolute atomic E-state index is 0.0919. The monoisotopic (exact) mass is 383 g/mol. The Labute approximate surface area is 165 Å². The molecule has 0 aliphatic carbocycles. The zero-order valence-corrected chi connectivity index (χ0v) is 16.4. The summed E-state index contributed by atoms with van der Waals surface area (Å²) in [4.78, 5) is 28.7. The topological polar surface area (TPSA) is 52.7 Å². The van der Waals surface area contributed by atoms with Crippen molar-refractivity contribution in [2.75, 3.05) is 30.4 Å². The highest BCUT2D eigenvalue weighted by molar-refractivity contribution is 6.03. The number of rotatable bonds is 7. The molecule has 2 aromatic carbocycles. The molecule has 0 aromatic heterocycles. The number of unbranched alkanes of at least 4 members (excludes halogenated alkanes) is 2. The second kappa shape index (κ2) is 8.87. The van der Waals surface area contributed by atoms with Gasteiger partial charge < -0.3 is 15.1 Å². The Balaban J connectivity index is 1.82. The lowest BCUT2D eigenvalue weighted by Crippen LogP contribution is -2.36. The molecule has 0 atom stereocenters. The van der Waals surface area contributed by atoms with Crippen LogP contribution in [0, 0.1) is 5.82 Å². The van der Waals surface area contributed by atoms with Gasteiger partial charge in [0.15, 0.2) is 0 Å². The molecule has 1 aliphatic rings. The molecule has 1 aliphatic heterocycles. The largest absolute Gasteiger partial charge is 0.364 e. The van der Waals surface area contributed by atoms with E-state index in [2.05, 4.69) is 12.2 Å². The smallest absolute Gasteiger partial charge is 0.254 e. The lowest BCUT2D eigenvalue weighted by molar-refractivity contribution is -0.115. The molecule has 1 heterocycles. The molecule has 2 amide bonds. The van der Waals surface area contributed by atoms with E-state index in [0.29, 0.717) is 30.9 Å². The zero-order chi connectivity index (χ0) is 20.1. The van der Waals surface area contributed by atoms with Crippen LogP contribution in [-0.4, -0.2) is 36.9 Å². The Morgan fingerprint density at radius 1 is 1.18 bits per heavy atom. The molecule has 0 radical (unpaired) electrons. The molecule has 0 spiro atoms. The number of fused-ring (bicyclic) bond motifs is 1. The van der Waals surface area contributed by atoms with Crippen LogP contribution >= 0.6 is 0 Å². The summed E-state index contributed by atoms with van der Waals surface area (Å²) in [6.07, 6.45) is 3.02. The van der Waals surface area contributed by atoms with Crippen LogP contribution in [0.25, 0.3) is 0 Å². The van der Waals surface area contributed by atoms with Gasteiger partial charge in [-0.3, -0.25) is 9.59 Å². The molecule has 0 unspecified atom stereocenters. The fourth-order valence-electron chi connectivity index (χ4n) is 3.39. The van der Waals surface area contributed by atoms with E-state index in [1.807, 2.05) is 18.0 Å². The van der Waals surface area contributed by atoms with Crippen LogP contribution in [0.15, 0.2) is 42.5 Å². The first-order valence-electron chi connectivity index (χ1n) is 9.66. The minimum atomic E-state index is -0.290. The molecule has 0 saturated heterocycles. The SMILES string of the molecule is CCCCCN(Cc1ccc(F)cc1)C(=O)c1ccc2c(c1)NC(=O)CN2C. The summed E-state index contributed by atoms with van der Waals surface area (Å²) in [6.45, 7) is 3.47. The van der Waals surface area contributed by atoms with Crippen LogP contribution < -0.4 is 10.2 Å². The number of nitrogens with one attached hydrogen (secondary N) is 1. The second-order valence-electron chi connectivity index (χ2n) is 7.20. The maximum Gasteiger partial charge on any atom is 0.254 e. The van der Waals surface area contributed by atoms with Gasteiger partial charge >= 0.3 is 0 Å². The molecule has 0 bridgehead atoms. The van der Waals surface area contributed by atoms with E-state index in [4.69, 9.17) is 0 Å². The number of benzene rings is 2. The number of hydrogen-bond donors (Lipinski definition) is 1. The Morgan fingerprint density at radius 2 is 1.93 bits per heavy atom. The normalized spacial score (nSPS) is 13.1. The predicted octanol–water partition coefficient (Wildman–Crippen LogP) is 4.05. The molecule has 1 N–H and O–H groups in total. The van der Waals surface area contributed by atoms with Crippen LogP contribution in [0.4, 0.5) is 15.8 Å². The average molecular weight is 383 g/mol. The first-order chi connectivity index (χ1) is 13.5. The highest BCUT2D eigenvalue weighted by Gasteiger charge is 2.22. The van der Waals surface area contributed by atoms with Crippen LogP contribution in [0.1, 0.15) is 42.1 Å². The Hall–Kier alpha value is -2.89. The summed E-state index contributed by atoms with van der Waals surface area (Å²) < 4.78 is 13.2. The first-order valence-corrected chi connectivity index (χ1v) is 9.66. The van der Waals surface area contributed by atoms with Crippen LogP contribution in [-0.2, 0) is 11.3 Å². The van der Waals surface area contributed by atoms with Gasteiger partial charge in [-0.25, -0.2) is 4.39 Å². The summed E-state index contributed by atoms with van der Waals surface area (Å²) in [5, 5.41) is 2.84. The van der Waals surface area contributed by atoms with Crippen molar-refractivity contribution < 1.29 is 14.0 Å². The molecular weight excluding hydrogens is 357 g/mol. The number of amides is 2. The highest BCUT2D eigenvalue weighted by atomic mass is 19.1. The van der Waals surface area contributed by atoms with Gasteiger partial charge in [0, 0.05) is 25.7 Å². The minimum Gasteiger partial charge on any atom is -0.364 e. The van der Waals surface area contributed by atoms with Crippen molar-refractivity contribution in [3.63, 3.8) is 0 Å². The lowest BCUT2D eigenvalue weighted by Gasteiger charge is -2.28. The lowest BCUT2D eigenvalue weighted by atomic mass is 10.1. The number of carbonyl (C=O) groups is 2. The quantitative estimate of drug-likeness (QED) is 0.734. The maximum absolute atomic E-state index is 13.2. The van der Waals surface area contributed by atoms with Crippen molar-refractivity contribution in [2.24, 2.45) is 0 Å². The van der Waals surface area contributed by atoms with Crippen molar-refractivity contribution in [3.05, 3.63) is 59.4 Å². The summed E-state index contributed by atoms with van der Waals surface area (Å²) in [7, 11) is 1.85. The predicted molar refractivity (Wildman–Crippen MR) is 109 cm³/mol. The van der Waals surface area contributed by atoms with Crippen molar-refractivity contribution in [1.29, 1.82) is 0 Å². The summed E-state index contributed by atoms with van der Waals surface area (Å²) in [6, 6.07) is 11.6. The molecule has 2 aromatic rings. The number of anilines is 2. The van der Waals surface area contributed by atoms with Crippen LogP contribution in [0.5, 0.6) is 0 Å². The van der Waals surface area contributed by atoms with Gasteiger partial charge in [-0.2, -0.15) is 0 Å². The Bertz CT molecular complexity index is 851. The van der Waals surface area contributed by atoms with Crippen molar-refractivity contribution in [1.82, 2.24) is 4.90 Å². The summed E-state index contributed by atoms with van der Waals surface area (Å²) in [5.41, 5.74) is 2.97. The second-order valence-corrected chi connectivity index (χ2v) is 7.20. The van der Waals surface area contributed by atoms with E-state index in [9.17, 15) is 14.0 Å². The Kier molecular flexibility index (Phi) is 6.29. The fourth-order valence-corrected chi connectivity index (χ4v) is 3.39. The zero-order valence-electron chi connectivity index (χ0n) is 16.4. The van der Waals surface area contributed by atoms with Gasteiger partial charge in [0.1, 0.15) is 5.82 Å². The van der Waals surface area contributed by atoms with Gasteiger partial charge in [-0.1, -0.05) is 31.9 Å². The third-order valence-electron chi connectivity index (χ3n) is 4.92. The van der Waals surface area contributed by atoms with E-state index >= 15 is 0 Å². The average Bonchev–Trinajstić information content (AvgIpc) is 2.67. The molecule has 28 heavy (non-hydrogen) atoms. The number of nitrogens with zero attached hydrogens (tertiary/aromatic N) is 2. The van der Waals surface area contributed by atoms with Crippen molar-refractivity contribution in [2.45, 2.75) is 32.7 Å². The molecule has 148 valence electrons. The van der Waals surface area contributed by atoms with Gasteiger partial charge in [0.25, 0.3) is 5.91 Å². The van der Waals surface area contributed by atoms with Crippen LogP contribution in [0.3, 0.4) is 0 Å². The molecule has 6 heteroatoms. The molecular formula is C22H26FN3O2. The third kappa shape index (κ3) is 4.68. The number of carbonyl (C=O) groups excluding carboxylic acids is 2. The first kappa shape index (κ1) is 19.9. The molecule has 0 fully saturated rings. The van der Waals surface area contributed by atoms with Gasteiger partial charge in [-0.15, -0.1) is 0 Å². The maximum atomic E-state index is 13.2. The summed E-state index contributed by atoms with van der Waals surface area (Å²) >= 11 is 0. The molecule has 3 rings (SSSR count). The third-order valence-corrected chi connectivity index (χ3v) is 4.92. The van der Waals surface area contributed by atoms with E-state index in [-0.39, 0.29) is 17.6 Å². The Morgan fingerprint density at radius 3 is 2.64 bits per heavy atom. The number of halogens is 1. The standard InChI is InChI=1S/C22H26FN3O2/c1-3-4-5-12-26(14-16-6-9-18(23)10-7-16)22(28)17-8-11-20-19(13-17)24-21(27)15-25(20)2/h6-11,13H,3-5,12,14-15H2,1-2H3,(H,24,27). The number of likely N-dealkylation sites (N-methyl/N-ethyl adjacent to an activating group) is 1. The van der Waals surface area contributed by atoms with E-state index in [1.54, 1.807) is 29.2 Å². The molecule has 0 saturated carbocycles. The fraction of sp³-hybridized carbons (Fsp3) is 0.364. The molecule has 5 nitrogen and oxygen atoms in total. The van der Waals surface area contributed by atoms with Crippen molar-refractivity contribution >= 4 is 23.2 Å².